The summed E-state index contributed by atoms with van der Waals surface area (Å²) in [6.45, 7) is 0. The van der Waals surface area contributed by atoms with Crippen LogP contribution in [0, 0.1) is 0 Å². The second-order valence-electron chi connectivity index (χ2n) is 2.39. The number of aryl methyl sites for hydroxylation is 1. The SMILES string of the molecule is O=PO.O=[P+](O)CCc1ccccc1. The maximum absolute atomic E-state index is 10.3. The topological polar surface area (TPSA) is 74.6 Å². The molecule has 14 heavy (non-hydrogen) atoms. The Bertz CT molecular complexity index is 276. The predicted octanol–water partition coefficient (Wildman–Crippen LogP) is 2.15. The molecule has 0 saturated carbocycles. The molecule has 1 rings (SSSR count). The van der Waals surface area contributed by atoms with Crippen molar-refractivity contribution in [2.24, 2.45) is 0 Å². The lowest BCUT2D eigenvalue weighted by molar-refractivity contribution is 0.502. The molecule has 0 saturated heterocycles. The quantitative estimate of drug-likeness (QED) is 0.784. The summed E-state index contributed by atoms with van der Waals surface area (Å²) in [6, 6.07) is 9.71. The van der Waals surface area contributed by atoms with Crippen LogP contribution in [0.1, 0.15) is 5.56 Å². The highest BCUT2D eigenvalue weighted by molar-refractivity contribution is 7.37. The highest BCUT2D eigenvalue weighted by Crippen LogP contribution is 2.14. The van der Waals surface area contributed by atoms with Gasteiger partial charge in [0.25, 0.3) is 0 Å². The van der Waals surface area contributed by atoms with Gasteiger partial charge in [0.05, 0.1) is 0 Å². The number of hydrogen-bond donors (Lipinski definition) is 2. The summed E-state index contributed by atoms with van der Waals surface area (Å²) in [4.78, 5) is 15.5. The van der Waals surface area contributed by atoms with Crippen LogP contribution in [0.25, 0.3) is 0 Å². The number of hydrogen-bond acceptors (Lipinski definition) is 2. The minimum absolute atomic E-state index is 0.360. The molecular weight excluding hydrogens is 222 g/mol. The van der Waals surface area contributed by atoms with Crippen LogP contribution in [0.3, 0.4) is 0 Å². The molecule has 0 radical (unpaired) electrons. The van der Waals surface area contributed by atoms with Crippen molar-refractivity contribution >= 4 is 16.7 Å². The molecule has 4 nitrogen and oxygen atoms in total. The maximum atomic E-state index is 10.3. The molecule has 0 spiro atoms. The van der Waals surface area contributed by atoms with Gasteiger partial charge >= 0.3 is 16.7 Å². The second-order valence-corrected chi connectivity index (χ2v) is 3.71. The van der Waals surface area contributed by atoms with E-state index in [1.165, 1.54) is 0 Å². The van der Waals surface area contributed by atoms with Crippen molar-refractivity contribution in [3.63, 3.8) is 0 Å². The van der Waals surface area contributed by atoms with Gasteiger partial charge in [-0.3, -0.25) is 0 Å². The van der Waals surface area contributed by atoms with Gasteiger partial charge in [-0.1, -0.05) is 30.3 Å². The Morgan fingerprint density at radius 2 is 1.79 bits per heavy atom. The molecule has 0 heterocycles. The van der Waals surface area contributed by atoms with Crippen LogP contribution in [0.4, 0.5) is 0 Å². The van der Waals surface area contributed by atoms with E-state index in [0.717, 1.165) is 5.56 Å². The fraction of sp³-hybridized carbons (Fsp3) is 0.250. The molecule has 0 aliphatic heterocycles. The minimum Gasteiger partial charge on any atom is -0.310 e. The first kappa shape index (κ1) is 13.3. The Morgan fingerprint density at radius 3 is 2.21 bits per heavy atom. The summed E-state index contributed by atoms with van der Waals surface area (Å²) < 4.78 is 18.8. The molecule has 0 bridgehead atoms. The Morgan fingerprint density at radius 1 is 1.29 bits per heavy atom. The third-order valence-electron chi connectivity index (χ3n) is 1.43. The zero-order valence-corrected chi connectivity index (χ0v) is 9.20. The molecule has 2 N–H and O–H groups in total. The van der Waals surface area contributed by atoms with Crippen molar-refractivity contribution in [3.05, 3.63) is 35.9 Å². The van der Waals surface area contributed by atoms with E-state index in [4.69, 9.17) is 14.4 Å². The maximum Gasteiger partial charge on any atom is 0.505 e. The fourth-order valence-corrected chi connectivity index (χ4v) is 1.32. The van der Waals surface area contributed by atoms with Crippen molar-refractivity contribution in [2.75, 3.05) is 6.16 Å². The molecule has 1 aromatic rings. The second kappa shape index (κ2) is 8.92. The summed E-state index contributed by atoms with van der Waals surface area (Å²) in [5.41, 5.74) is 1.12. The normalized spacial score (nSPS) is 10.3. The molecule has 0 amide bonds. The largest absolute Gasteiger partial charge is 0.505 e. The van der Waals surface area contributed by atoms with Gasteiger partial charge in [-0.25, -0.2) is 4.57 Å². The molecule has 6 heteroatoms. The van der Waals surface area contributed by atoms with Crippen molar-refractivity contribution in [1.82, 2.24) is 0 Å². The molecule has 0 aliphatic carbocycles. The molecule has 1 atom stereocenters. The van der Waals surface area contributed by atoms with E-state index in [0.29, 0.717) is 12.6 Å². The lowest BCUT2D eigenvalue weighted by Gasteiger charge is -1.91. The predicted molar refractivity (Wildman–Crippen MR) is 54.7 cm³/mol. The Kier molecular flexibility index (Phi) is 8.50. The number of benzene rings is 1. The van der Waals surface area contributed by atoms with Gasteiger partial charge in [0.2, 0.25) is 0 Å². The van der Waals surface area contributed by atoms with E-state index in [1.807, 2.05) is 30.3 Å². The van der Waals surface area contributed by atoms with Crippen LogP contribution < -0.4 is 0 Å². The molecule has 0 aliphatic rings. The van der Waals surface area contributed by atoms with Crippen LogP contribution in [-0.2, 0) is 15.6 Å². The molecular formula is C8H11O4P2+. The minimum atomic E-state index is -1.97. The average molecular weight is 233 g/mol. The van der Waals surface area contributed by atoms with Gasteiger partial charge in [0.1, 0.15) is 0 Å². The fourth-order valence-electron chi connectivity index (χ4n) is 0.869. The monoisotopic (exact) mass is 233 g/mol. The van der Waals surface area contributed by atoms with E-state index < -0.39 is 16.7 Å². The zero-order chi connectivity index (χ0) is 10.8. The molecule has 1 unspecified atom stereocenters. The highest BCUT2D eigenvalue weighted by atomic mass is 31.1. The van der Waals surface area contributed by atoms with E-state index in [2.05, 4.69) is 0 Å². The first-order valence-corrected chi connectivity index (χ1v) is 6.01. The third-order valence-corrected chi connectivity index (χ3v) is 2.04. The Labute approximate surface area is 84.8 Å². The lowest BCUT2D eigenvalue weighted by atomic mass is 10.2. The summed E-state index contributed by atoms with van der Waals surface area (Å²) in [5.74, 6) is 0. The van der Waals surface area contributed by atoms with E-state index in [-0.39, 0.29) is 0 Å². The molecule has 0 aromatic heterocycles. The zero-order valence-electron chi connectivity index (χ0n) is 7.41. The van der Waals surface area contributed by atoms with Crippen LogP contribution in [-0.4, -0.2) is 15.9 Å². The van der Waals surface area contributed by atoms with Crippen molar-refractivity contribution in [1.29, 1.82) is 0 Å². The first-order valence-electron chi connectivity index (χ1n) is 3.85. The first-order chi connectivity index (χ1) is 6.70. The van der Waals surface area contributed by atoms with Gasteiger partial charge in [-0.15, -0.1) is 0 Å². The van der Waals surface area contributed by atoms with Crippen molar-refractivity contribution < 1.29 is 18.9 Å². The van der Waals surface area contributed by atoms with Crippen molar-refractivity contribution in [3.8, 4) is 0 Å². The van der Waals surface area contributed by atoms with Crippen LogP contribution >= 0.6 is 16.7 Å². The lowest BCUT2D eigenvalue weighted by Crippen LogP contribution is -1.86. The Balaban J connectivity index is 0.000000500. The van der Waals surface area contributed by atoms with Crippen LogP contribution in [0.5, 0.6) is 0 Å². The van der Waals surface area contributed by atoms with E-state index in [9.17, 15) is 4.57 Å². The molecule has 0 fully saturated rings. The van der Waals surface area contributed by atoms with E-state index in [1.54, 1.807) is 0 Å². The molecule has 1 aromatic carbocycles. The summed E-state index contributed by atoms with van der Waals surface area (Å²) in [6.07, 6.45) is 1.05. The smallest absolute Gasteiger partial charge is 0.310 e. The number of rotatable bonds is 3. The van der Waals surface area contributed by atoms with Gasteiger partial charge < -0.3 is 4.89 Å². The summed E-state index contributed by atoms with van der Waals surface area (Å²) >= 11 is 0. The third kappa shape index (κ3) is 7.96. The summed E-state index contributed by atoms with van der Waals surface area (Å²) in [5, 5.41) is 0. The van der Waals surface area contributed by atoms with E-state index >= 15 is 0 Å². The standard InChI is InChI=1S/C8H9O2P.HO2P/c9-11(10)7-6-8-4-2-1-3-5-8;1-3-2/h1-5H,6-7H2;(H,1,2)/p+1. The van der Waals surface area contributed by atoms with Crippen LogP contribution in [0.2, 0.25) is 0 Å². The van der Waals surface area contributed by atoms with Gasteiger partial charge in [0, 0.05) is 6.42 Å². The van der Waals surface area contributed by atoms with Crippen LogP contribution in [0.15, 0.2) is 30.3 Å². The Hall–Kier alpha value is -0.660. The highest BCUT2D eigenvalue weighted by Gasteiger charge is 2.08. The average Bonchev–Trinajstić information content (AvgIpc) is 2.18. The molecule has 76 valence electrons. The summed E-state index contributed by atoms with van der Waals surface area (Å²) in [7, 11) is -2.81. The van der Waals surface area contributed by atoms with Gasteiger partial charge in [-0.05, 0) is 10.1 Å². The van der Waals surface area contributed by atoms with Gasteiger partial charge in [0.15, 0.2) is 6.16 Å². The van der Waals surface area contributed by atoms with Gasteiger partial charge in [-0.2, -0.15) is 4.89 Å². The van der Waals surface area contributed by atoms with Crippen molar-refractivity contribution in [2.45, 2.75) is 6.42 Å².